The number of anilines is 1. The van der Waals surface area contributed by atoms with Gasteiger partial charge in [-0.1, -0.05) is 6.07 Å². The van der Waals surface area contributed by atoms with E-state index in [-0.39, 0.29) is 11.5 Å². The van der Waals surface area contributed by atoms with E-state index in [9.17, 15) is 24.8 Å². The molecule has 0 atom stereocenters. The monoisotopic (exact) mass is 238 g/mol. The van der Waals surface area contributed by atoms with Crippen LogP contribution in [0.15, 0.2) is 18.2 Å². The molecule has 0 saturated carbocycles. The third-order valence-electron chi connectivity index (χ3n) is 1.89. The molecule has 7 nitrogen and oxygen atoms in total. The molecule has 17 heavy (non-hydrogen) atoms. The van der Waals surface area contributed by atoms with Crippen molar-refractivity contribution in [2.45, 2.75) is 13.3 Å². The average Bonchev–Trinajstić information content (AvgIpc) is 2.19. The molecule has 0 fully saturated rings. The summed E-state index contributed by atoms with van der Waals surface area (Å²) in [6.07, 6.45) is -0.397. The van der Waals surface area contributed by atoms with Crippen LogP contribution >= 0.6 is 0 Å². The molecule has 0 radical (unpaired) electrons. The van der Waals surface area contributed by atoms with E-state index in [1.54, 1.807) is 0 Å². The number of para-hydroxylation sites is 1. The van der Waals surface area contributed by atoms with Crippen LogP contribution in [-0.4, -0.2) is 21.7 Å². The molecule has 0 aliphatic carbocycles. The van der Waals surface area contributed by atoms with Crippen molar-refractivity contribution in [1.82, 2.24) is 0 Å². The Morgan fingerprint density at radius 3 is 2.65 bits per heavy atom. The predicted octanol–water partition coefficient (Wildman–Crippen LogP) is 1.22. The number of nitrogens with one attached hydrogen (secondary N) is 1. The molecule has 0 heterocycles. The number of amides is 1. The fraction of sp³-hybridized carbons (Fsp3) is 0.200. The highest BCUT2D eigenvalue weighted by Crippen LogP contribution is 2.32. The number of Topliss-reactive ketones (excluding diaryl/α,β-unsaturated/α-hetero) is 1. The molecule has 2 N–H and O–H groups in total. The maximum absolute atomic E-state index is 11.3. The summed E-state index contributed by atoms with van der Waals surface area (Å²) in [6, 6.07) is 3.63. The van der Waals surface area contributed by atoms with Crippen LogP contribution in [-0.2, 0) is 9.59 Å². The number of carbonyl (C=O) groups is 2. The minimum absolute atomic E-state index is 0.302. The first-order valence-corrected chi connectivity index (χ1v) is 4.67. The lowest BCUT2D eigenvalue weighted by Gasteiger charge is -2.06. The average molecular weight is 238 g/mol. The summed E-state index contributed by atoms with van der Waals surface area (Å²) in [5.41, 5.74) is -0.731. The lowest BCUT2D eigenvalue weighted by atomic mass is 10.2. The smallest absolute Gasteiger partial charge is 0.296 e. The number of nitro benzene ring substituents is 1. The van der Waals surface area contributed by atoms with E-state index in [1.807, 2.05) is 0 Å². The summed E-state index contributed by atoms with van der Waals surface area (Å²) in [5.74, 6) is -1.50. The van der Waals surface area contributed by atoms with Gasteiger partial charge < -0.3 is 10.4 Å². The van der Waals surface area contributed by atoms with E-state index < -0.39 is 28.7 Å². The Kier molecular flexibility index (Phi) is 3.76. The van der Waals surface area contributed by atoms with Gasteiger partial charge in [-0.05, 0) is 13.0 Å². The summed E-state index contributed by atoms with van der Waals surface area (Å²) in [7, 11) is 0. The van der Waals surface area contributed by atoms with E-state index in [0.717, 1.165) is 6.07 Å². The highest BCUT2D eigenvalue weighted by molar-refractivity contribution is 6.05. The summed E-state index contributed by atoms with van der Waals surface area (Å²) < 4.78 is 0. The second kappa shape index (κ2) is 5.06. The molecule has 1 amide bonds. The van der Waals surface area contributed by atoms with Gasteiger partial charge in [0.25, 0.3) is 5.69 Å². The van der Waals surface area contributed by atoms with Gasteiger partial charge in [-0.2, -0.15) is 0 Å². The Labute approximate surface area is 96.2 Å². The van der Waals surface area contributed by atoms with Crippen molar-refractivity contribution in [2.75, 3.05) is 5.32 Å². The molecule has 0 saturated heterocycles. The van der Waals surface area contributed by atoms with Gasteiger partial charge >= 0.3 is 0 Å². The number of benzene rings is 1. The first-order chi connectivity index (χ1) is 7.91. The van der Waals surface area contributed by atoms with Crippen molar-refractivity contribution in [3.05, 3.63) is 28.3 Å². The molecule has 0 unspecified atom stereocenters. The van der Waals surface area contributed by atoms with Gasteiger partial charge in [-0.25, -0.2) is 0 Å². The van der Waals surface area contributed by atoms with E-state index >= 15 is 0 Å². The molecular weight excluding hydrogens is 228 g/mol. The van der Waals surface area contributed by atoms with E-state index in [2.05, 4.69) is 5.32 Å². The van der Waals surface area contributed by atoms with Crippen LogP contribution in [0.1, 0.15) is 13.3 Å². The molecule has 0 spiro atoms. The molecular formula is C10H10N2O5. The number of ketones is 1. The quantitative estimate of drug-likeness (QED) is 0.354. The lowest BCUT2D eigenvalue weighted by Crippen LogP contribution is -2.15. The molecule has 0 bridgehead atoms. The van der Waals surface area contributed by atoms with Crippen molar-refractivity contribution in [3.8, 4) is 5.75 Å². The van der Waals surface area contributed by atoms with Crippen LogP contribution in [0, 0.1) is 10.1 Å². The number of hydrogen-bond acceptors (Lipinski definition) is 5. The van der Waals surface area contributed by atoms with Gasteiger partial charge in [-0.15, -0.1) is 0 Å². The topological polar surface area (TPSA) is 110 Å². The van der Waals surface area contributed by atoms with Crippen LogP contribution in [0.3, 0.4) is 0 Å². The van der Waals surface area contributed by atoms with E-state index in [1.165, 1.54) is 19.1 Å². The molecule has 0 aliphatic heterocycles. The minimum Gasteiger partial charge on any atom is -0.505 e. The second-order valence-corrected chi connectivity index (χ2v) is 3.36. The highest BCUT2D eigenvalue weighted by atomic mass is 16.6. The Balaban J connectivity index is 3.01. The normalized spacial score (nSPS) is 9.71. The lowest BCUT2D eigenvalue weighted by molar-refractivity contribution is -0.384. The Morgan fingerprint density at radius 2 is 2.12 bits per heavy atom. The fourth-order valence-electron chi connectivity index (χ4n) is 1.22. The first-order valence-electron chi connectivity index (χ1n) is 4.67. The zero-order chi connectivity index (χ0) is 13.0. The Morgan fingerprint density at radius 1 is 1.47 bits per heavy atom. The Bertz CT molecular complexity index is 484. The summed E-state index contributed by atoms with van der Waals surface area (Å²) in [5, 5.41) is 22.2. The van der Waals surface area contributed by atoms with Crippen LogP contribution < -0.4 is 5.32 Å². The maximum atomic E-state index is 11.3. The number of phenols is 1. The molecule has 7 heteroatoms. The molecule has 1 rings (SSSR count). The third-order valence-corrected chi connectivity index (χ3v) is 1.89. The van der Waals surface area contributed by atoms with Crippen molar-refractivity contribution < 1.29 is 19.6 Å². The number of nitro groups is 1. The molecule has 90 valence electrons. The van der Waals surface area contributed by atoms with Crippen molar-refractivity contribution >= 4 is 23.1 Å². The maximum Gasteiger partial charge on any atom is 0.296 e. The van der Waals surface area contributed by atoms with E-state index in [0.29, 0.717) is 0 Å². The van der Waals surface area contributed by atoms with Gasteiger partial charge in [0.05, 0.1) is 11.3 Å². The summed E-state index contributed by atoms with van der Waals surface area (Å²) in [6.45, 7) is 1.22. The zero-order valence-electron chi connectivity index (χ0n) is 8.97. The number of aromatic hydroxyl groups is 1. The van der Waals surface area contributed by atoms with Crippen molar-refractivity contribution in [2.24, 2.45) is 0 Å². The highest BCUT2D eigenvalue weighted by Gasteiger charge is 2.19. The van der Waals surface area contributed by atoms with Gasteiger partial charge in [0.2, 0.25) is 5.91 Å². The van der Waals surface area contributed by atoms with Gasteiger partial charge in [-0.3, -0.25) is 19.7 Å². The van der Waals surface area contributed by atoms with E-state index in [4.69, 9.17) is 0 Å². The zero-order valence-corrected chi connectivity index (χ0v) is 8.97. The largest absolute Gasteiger partial charge is 0.505 e. The number of nitrogens with zero attached hydrogens (tertiary/aromatic N) is 1. The molecule has 1 aromatic carbocycles. The predicted molar refractivity (Wildman–Crippen MR) is 58.7 cm³/mol. The number of hydrogen-bond donors (Lipinski definition) is 2. The van der Waals surface area contributed by atoms with Crippen molar-refractivity contribution in [3.63, 3.8) is 0 Å². The third kappa shape index (κ3) is 3.26. The molecule has 0 aromatic heterocycles. The Hall–Kier alpha value is -2.44. The number of rotatable bonds is 4. The number of phenolic OH excluding ortho intramolecular Hbond substituents is 1. The standard InChI is InChI=1S/C10H10N2O5/c1-6(13)5-9(15)11-10-7(12(16)17)3-2-4-8(10)14/h2-4,14H,5H2,1H3,(H,11,15). The van der Waals surface area contributed by atoms with Crippen LogP contribution in [0.5, 0.6) is 5.75 Å². The summed E-state index contributed by atoms with van der Waals surface area (Å²) >= 11 is 0. The van der Waals surface area contributed by atoms with Gasteiger partial charge in [0, 0.05) is 6.07 Å². The van der Waals surface area contributed by atoms with Crippen LogP contribution in [0.2, 0.25) is 0 Å². The van der Waals surface area contributed by atoms with Gasteiger partial charge in [0.15, 0.2) is 5.69 Å². The van der Waals surface area contributed by atoms with Crippen molar-refractivity contribution in [1.29, 1.82) is 0 Å². The fourth-order valence-corrected chi connectivity index (χ4v) is 1.22. The van der Waals surface area contributed by atoms with Crippen LogP contribution in [0.4, 0.5) is 11.4 Å². The SMILES string of the molecule is CC(=O)CC(=O)Nc1c(O)cccc1[N+](=O)[O-]. The second-order valence-electron chi connectivity index (χ2n) is 3.36. The van der Waals surface area contributed by atoms with Crippen LogP contribution in [0.25, 0.3) is 0 Å². The first kappa shape index (κ1) is 12.6. The minimum atomic E-state index is -0.733. The van der Waals surface area contributed by atoms with Gasteiger partial charge in [0.1, 0.15) is 11.5 Å². The molecule has 1 aromatic rings. The number of carbonyl (C=O) groups excluding carboxylic acids is 2. The molecule has 0 aliphatic rings. The summed E-state index contributed by atoms with van der Waals surface area (Å²) in [4.78, 5) is 31.9.